The van der Waals surface area contributed by atoms with Crippen molar-refractivity contribution in [1.29, 1.82) is 0 Å². The molecule has 3 heterocycles. The highest BCUT2D eigenvalue weighted by atomic mass is 31.3. The number of hydrogen-bond acceptors (Lipinski definition) is 14. The smallest absolute Gasteiger partial charge is 0.387 e. The van der Waals surface area contributed by atoms with Gasteiger partial charge < -0.3 is 45.2 Å². The maximum atomic E-state index is 11.9. The number of nitrogens with zero attached hydrogens (tertiary/aromatic N) is 4. The zero-order chi connectivity index (χ0) is 24.1. The molecule has 1 saturated heterocycles. The molecule has 6 unspecified atom stereocenters. The minimum Gasteiger partial charge on any atom is -0.387 e. The minimum absolute atomic E-state index is 0.159. The van der Waals surface area contributed by atoms with Crippen LogP contribution >= 0.6 is 23.5 Å². The van der Waals surface area contributed by atoms with Crippen LogP contribution in [0.3, 0.4) is 0 Å². The predicted octanol–water partition coefficient (Wildman–Crippen LogP) is -2.40. The van der Waals surface area contributed by atoms with E-state index in [9.17, 15) is 33.7 Å². The van der Waals surface area contributed by atoms with E-state index in [1.165, 1.54) is 24.5 Å². The van der Waals surface area contributed by atoms with Gasteiger partial charge in [0.15, 0.2) is 12.4 Å². The second-order valence-corrected chi connectivity index (χ2v) is 11.4. The van der Waals surface area contributed by atoms with Gasteiger partial charge in [-0.2, -0.15) is 8.62 Å². The molecule has 182 valence electrons. The van der Waals surface area contributed by atoms with Gasteiger partial charge in [0.2, 0.25) is 0 Å². The van der Waals surface area contributed by atoms with E-state index < -0.39 is 66.3 Å². The van der Waals surface area contributed by atoms with Crippen molar-refractivity contribution in [1.82, 2.24) is 4.90 Å². The molecule has 8 N–H and O–H groups in total. The van der Waals surface area contributed by atoms with Gasteiger partial charge in [-0.1, -0.05) is 0 Å². The summed E-state index contributed by atoms with van der Waals surface area (Å²) in [5.74, 6) is 0.159. The van der Waals surface area contributed by atoms with Crippen LogP contribution in [0.15, 0.2) is 15.0 Å². The number of amidine groups is 1. The molecule has 0 amide bonds. The SMILES string of the molecule is C[C@]1(COP(=O)(O)OP(=O)(O)OP(=O)(O)O)O[C@@H](N2C=NC3C(N)=NC=NC32)C(O)C1O. The van der Waals surface area contributed by atoms with Gasteiger partial charge in [0.25, 0.3) is 0 Å². The van der Waals surface area contributed by atoms with Gasteiger partial charge in [0, 0.05) is 0 Å². The second kappa shape index (κ2) is 8.60. The molecule has 0 saturated carbocycles. The topological polar surface area (TPSA) is 276 Å². The number of phosphoric ester groups is 1. The van der Waals surface area contributed by atoms with Crippen molar-refractivity contribution < 1.29 is 61.4 Å². The lowest BCUT2D eigenvalue weighted by atomic mass is 9.98. The molecule has 3 aliphatic heterocycles. The van der Waals surface area contributed by atoms with E-state index in [-0.39, 0.29) is 5.84 Å². The Labute approximate surface area is 179 Å². The Morgan fingerprint density at radius 3 is 2.44 bits per heavy atom. The van der Waals surface area contributed by atoms with Crippen LogP contribution in [-0.4, -0.2) is 96.1 Å². The number of hydrogen-bond donors (Lipinski definition) is 7. The van der Waals surface area contributed by atoms with E-state index in [0.717, 1.165) is 0 Å². The molecule has 0 aliphatic carbocycles. The van der Waals surface area contributed by atoms with E-state index >= 15 is 0 Å². The van der Waals surface area contributed by atoms with Gasteiger partial charge in [0.05, 0.1) is 12.9 Å². The summed E-state index contributed by atoms with van der Waals surface area (Å²) >= 11 is 0. The molecule has 3 rings (SSSR count). The Kier molecular flexibility index (Phi) is 6.86. The molecule has 21 heteroatoms. The molecule has 8 atom stereocenters. The molecule has 0 spiro atoms. The van der Waals surface area contributed by atoms with Crippen LogP contribution < -0.4 is 5.73 Å². The van der Waals surface area contributed by atoms with Crippen LogP contribution in [-0.2, 0) is 31.6 Å². The third kappa shape index (κ3) is 5.51. The number of nitrogens with two attached hydrogens (primary N) is 1. The molecule has 32 heavy (non-hydrogen) atoms. The van der Waals surface area contributed by atoms with Crippen LogP contribution in [0.1, 0.15) is 6.92 Å². The zero-order valence-corrected chi connectivity index (χ0v) is 18.7. The number of aliphatic imine (C=N–C) groups is 3. The molecule has 0 aromatic heterocycles. The van der Waals surface area contributed by atoms with Crippen LogP contribution in [0.5, 0.6) is 0 Å². The molecular weight excluding hydrogens is 503 g/mol. The summed E-state index contributed by atoms with van der Waals surface area (Å²) in [5, 5.41) is 20.9. The maximum absolute atomic E-state index is 11.9. The number of aliphatic hydroxyl groups is 2. The van der Waals surface area contributed by atoms with Gasteiger partial charge in [-0.05, 0) is 6.92 Å². The molecule has 0 bridgehead atoms. The summed E-state index contributed by atoms with van der Waals surface area (Å²) in [4.78, 5) is 49.2. The molecule has 3 aliphatic rings. The summed E-state index contributed by atoms with van der Waals surface area (Å²) in [7, 11) is -16.7. The van der Waals surface area contributed by atoms with E-state index in [0.29, 0.717) is 0 Å². The Balaban J connectivity index is 1.67. The van der Waals surface area contributed by atoms with Crippen molar-refractivity contribution in [3.63, 3.8) is 0 Å². The van der Waals surface area contributed by atoms with Gasteiger partial charge in [-0.15, -0.1) is 0 Å². The van der Waals surface area contributed by atoms with Crippen molar-refractivity contribution in [2.24, 2.45) is 20.7 Å². The summed E-state index contributed by atoms with van der Waals surface area (Å²) in [6, 6.07) is -0.658. The molecular formula is C11H20N5O13P3. The Morgan fingerprint density at radius 1 is 1.16 bits per heavy atom. The first-order valence-electron chi connectivity index (χ1n) is 8.51. The van der Waals surface area contributed by atoms with Gasteiger partial charge >= 0.3 is 23.5 Å². The first-order valence-corrected chi connectivity index (χ1v) is 13.0. The van der Waals surface area contributed by atoms with Crippen molar-refractivity contribution in [3.8, 4) is 0 Å². The summed E-state index contributed by atoms with van der Waals surface area (Å²) < 4.78 is 51.4. The highest BCUT2D eigenvalue weighted by molar-refractivity contribution is 7.66. The van der Waals surface area contributed by atoms with E-state index in [4.69, 9.17) is 20.3 Å². The van der Waals surface area contributed by atoms with Gasteiger partial charge in [-0.3, -0.25) is 9.52 Å². The third-order valence-corrected chi connectivity index (χ3v) is 8.32. The quantitative estimate of drug-likeness (QED) is 0.163. The van der Waals surface area contributed by atoms with Crippen LogP contribution in [0, 0.1) is 0 Å². The average molecular weight is 523 g/mol. The fourth-order valence-electron chi connectivity index (χ4n) is 3.11. The lowest BCUT2D eigenvalue weighted by Gasteiger charge is -2.32. The Hall–Kier alpha value is -1.10. The highest BCUT2D eigenvalue weighted by Gasteiger charge is 2.56. The average Bonchev–Trinajstić information content (AvgIpc) is 3.14. The number of aliphatic hydroxyl groups excluding tert-OH is 2. The molecule has 1 fully saturated rings. The van der Waals surface area contributed by atoms with Crippen LogP contribution in [0.4, 0.5) is 0 Å². The Bertz CT molecular complexity index is 985. The third-order valence-electron chi connectivity index (χ3n) is 4.53. The van der Waals surface area contributed by atoms with Crippen LogP contribution in [0.2, 0.25) is 0 Å². The van der Waals surface area contributed by atoms with E-state index in [1.807, 2.05) is 0 Å². The zero-order valence-electron chi connectivity index (χ0n) is 16.0. The Morgan fingerprint density at radius 2 is 1.81 bits per heavy atom. The predicted molar refractivity (Wildman–Crippen MR) is 103 cm³/mol. The maximum Gasteiger partial charge on any atom is 0.490 e. The molecule has 0 aromatic rings. The van der Waals surface area contributed by atoms with E-state index in [2.05, 4.69) is 28.1 Å². The lowest BCUT2D eigenvalue weighted by molar-refractivity contribution is -0.127. The lowest BCUT2D eigenvalue weighted by Crippen LogP contribution is -2.51. The van der Waals surface area contributed by atoms with E-state index in [1.54, 1.807) is 0 Å². The largest absolute Gasteiger partial charge is 0.490 e. The summed E-state index contributed by atoms with van der Waals surface area (Å²) in [6.07, 6.45) is -2.84. The first-order chi connectivity index (χ1) is 14.5. The number of phosphoric acid groups is 3. The van der Waals surface area contributed by atoms with Gasteiger partial charge in [0.1, 0.15) is 36.0 Å². The van der Waals surface area contributed by atoms with Crippen molar-refractivity contribution in [2.45, 2.75) is 43.2 Å². The van der Waals surface area contributed by atoms with Gasteiger partial charge in [-0.25, -0.2) is 23.7 Å². The first kappa shape index (κ1) is 25.5. The molecule has 18 nitrogen and oxygen atoms in total. The number of ether oxygens (including phenoxy) is 1. The molecule has 0 radical (unpaired) electrons. The fraction of sp³-hybridized carbons (Fsp3) is 0.727. The second-order valence-electron chi connectivity index (χ2n) is 7.01. The summed E-state index contributed by atoms with van der Waals surface area (Å²) in [6.45, 7) is 0.216. The fourth-order valence-corrected chi connectivity index (χ4v) is 6.22. The normalized spacial score (nSPS) is 38.3. The summed E-state index contributed by atoms with van der Waals surface area (Å²) in [5.41, 5.74) is 3.89. The van der Waals surface area contributed by atoms with Crippen molar-refractivity contribution in [2.75, 3.05) is 6.61 Å². The van der Waals surface area contributed by atoms with Crippen LogP contribution in [0.25, 0.3) is 0 Å². The monoisotopic (exact) mass is 523 g/mol. The minimum atomic E-state index is -5.72. The highest BCUT2D eigenvalue weighted by Crippen LogP contribution is 2.66. The molecule has 0 aromatic carbocycles. The van der Waals surface area contributed by atoms with Crippen molar-refractivity contribution in [3.05, 3.63) is 0 Å². The number of fused-ring (bicyclic) bond motifs is 1. The standard InChI is InChI=1S/C11H20N5O13P3/c1-11(2-26-31(22,23)29-32(24,25)28-30(19,20)21)7(18)6(17)10(27-11)16-4-15-5-8(12)13-3-14-9(5)16/h3-7,9-10,17-18H,2H2,1H3,(H,22,23)(H,24,25)(H2,12,13,14)(H2,19,20,21)/t5?,6?,7?,9?,10-,11-/m1/s1. The van der Waals surface area contributed by atoms with Crippen molar-refractivity contribution >= 4 is 42.0 Å². The number of rotatable bonds is 8.